The van der Waals surface area contributed by atoms with Crippen LogP contribution in [0.15, 0.2) is 53.7 Å². The molecule has 5 heteroatoms. The number of halogens is 1. The minimum atomic E-state index is -0.292. The lowest BCUT2D eigenvalue weighted by Gasteiger charge is -1.95. The summed E-state index contributed by atoms with van der Waals surface area (Å²) in [4.78, 5) is 9.62. The number of aromatic nitrogens is 1. The number of para-hydroxylation sites is 1. The van der Waals surface area contributed by atoms with E-state index in [9.17, 15) is 4.39 Å². The molecule has 0 N–H and O–H groups in total. The van der Waals surface area contributed by atoms with E-state index >= 15 is 0 Å². The molecule has 0 fully saturated rings. The van der Waals surface area contributed by atoms with E-state index in [1.807, 2.05) is 24.3 Å². The normalized spacial score (nSPS) is 11.2. The summed E-state index contributed by atoms with van der Waals surface area (Å²) in [7, 11) is 0. The van der Waals surface area contributed by atoms with E-state index in [4.69, 9.17) is 4.84 Å². The predicted molar refractivity (Wildman–Crippen MR) is 78.4 cm³/mol. The zero-order valence-electron chi connectivity index (χ0n) is 10.5. The quantitative estimate of drug-likeness (QED) is 0.537. The molecule has 3 rings (SSSR count). The van der Waals surface area contributed by atoms with Gasteiger partial charge in [0.05, 0.1) is 16.4 Å². The van der Waals surface area contributed by atoms with E-state index in [0.717, 1.165) is 15.2 Å². The van der Waals surface area contributed by atoms with Gasteiger partial charge in [-0.25, -0.2) is 9.37 Å². The number of fused-ring (bicyclic) bond motifs is 1. The minimum absolute atomic E-state index is 0.292. The first kappa shape index (κ1) is 12.7. The molecular weight excluding hydrogens is 275 g/mol. The minimum Gasteiger partial charge on any atom is -0.388 e. The average Bonchev–Trinajstić information content (AvgIpc) is 2.86. The highest BCUT2D eigenvalue weighted by atomic mass is 32.1. The zero-order valence-corrected chi connectivity index (χ0v) is 11.3. The van der Waals surface area contributed by atoms with Crippen molar-refractivity contribution in [3.05, 3.63) is 64.9 Å². The van der Waals surface area contributed by atoms with E-state index in [0.29, 0.717) is 12.2 Å². The fraction of sp³-hybridized carbons (Fsp3) is 0.0667. The van der Waals surface area contributed by atoms with Gasteiger partial charge < -0.3 is 4.84 Å². The highest BCUT2D eigenvalue weighted by Crippen LogP contribution is 2.21. The Morgan fingerprint density at radius 1 is 1.20 bits per heavy atom. The molecule has 0 aliphatic carbocycles. The van der Waals surface area contributed by atoms with Crippen LogP contribution >= 0.6 is 11.3 Å². The topological polar surface area (TPSA) is 34.5 Å². The third kappa shape index (κ3) is 3.00. The van der Waals surface area contributed by atoms with Crippen LogP contribution in [0.25, 0.3) is 10.2 Å². The van der Waals surface area contributed by atoms with Gasteiger partial charge in [0.15, 0.2) is 6.61 Å². The summed E-state index contributed by atoms with van der Waals surface area (Å²) in [5, 5.41) is 4.69. The number of benzene rings is 2. The smallest absolute Gasteiger partial charge is 0.168 e. The van der Waals surface area contributed by atoms with Crippen LogP contribution in [0, 0.1) is 5.82 Å². The third-order valence-electron chi connectivity index (χ3n) is 2.65. The standard InChI is InChI=1S/C15H11FN2OS/c16-12-5-3-4-11(8-12)9-17-19-10-15-18-13-6-1-2-7-14(13)20-15/h1-9H,10H2/b17-9-. The number of hydrogen-bond donors (Lipinski definition) is 0. The molecule has 3 aromatic rings. The first-order valence-corrected chi connectivity index (χ1v) is 6.88. The van der Waals surface area contributed by atoms with Crippen molar-refractivity contribution in [3.8, 4) is 0 Å². The van der Waals surface area contributed by atoms with E-state index in [1.165, 1.54) is 18.3 Å². The highest BCUT2D eigenvalue weighted by Gasteiger charge is 2.02. The molecule has 0 saturated heterocycles. The summed E-state index contributed by atoms with van der Waals surface area (Å²) in [5.74, 6) is -0.292. The van der Waals surface area contributed by atoms with E-state index in [-0.39, 0.29) is 5.82 Å². The van der Waals surface area contributed by atoms with Gasteiger partial charge in [0.2, 0.25) is 0 Å². The molecule has 1 heterocycles. The SMILES string of the molecule is Fc1cccc(/C=N\OCc2nc3ccccc3s2)c1. The highest BCUT2D eigenvalue weighted by molar-refractivity contribution is 7.18. The summed E-state index contributed by atoms with van der Waals surface area (Å²) >= 11 is 1.58. The predicted octanol–water partition coefficient (Wildman–Crippen LogP) is 3.99. The second-order valence-corrected chi connectivity index (χ2v) is 5.25. The van der Waals surface area contributed by atoms with Gasteiger partial charge in [-0.1, -0.05) is 29.4 Å². The number of thiazole rings is 1. The van der Waals surface area contributed by atoms with Crippen LogP contribution < -0.4 is 0 Å². The maximum atomic E-state index is 12.9. The maximum Gasteiger partial charge on any atom is 0.168 e. The van der Waals surface area contributed by atoms with Crippen LogP contribution in [0.3, 0.4) is 0 Å². The van der Waals surface area contributed by atoms with Gasteiger partial charge in [-0.05, 0) is 29.8 Å². The van der Waals surface area contributed by atoms with Crippen molar-refractivity contribution in [1.29, 1.82) is 0 Å². The Morgan fingerprint density at radius 3 is 2.95 bits per heavy atom. The average molecular weight is 286 g/mol. The van der Waals surface area contributed by atoms with Gasteiger partial charge in [0, 0.05) is 0 Å². The van der Waals surface area contributed by atoms with Gasteiger partial charge in [-0.2, -0.15) is 0 Å². The number of oxime groups is 1. The Labute approximate surface area is 119 Å². The van der Waals surface area contributed by atoms with Crippen molar-refractivity contribution in [3.63, 3.8) is 0 Å². The van der Waals surface area contributed by atoms with Crippen LogP contribution in [0.2, 0.25) is 0 Å². The lowest BCUT2D eigenvalue weighted by molar-refractivity contribution is 0.132. The monoisotopic (exact) mass is 286 g/mol. The number of hydrogen-bond acceptors (Lipinski definition) is 4. The molecule has 20 heavy (non-hydrogen) atoms. The van der Waals surface area contributed by atoms with Gasteiger partial charge >= 0.3 is 0 Å². The van der Waals surface area contributed by atoms with Crippen LogP contribution in [0.5, 0.6) is 0 Å². The first-order chi connectivity index (χ1) is 9.81. The number of rotatable bonds is 4. The summed E-state index contributed by atoms with van der Waals surface area (Å²) in [6.45, 7) is 0.311. The van der Waals surface area contributed by atoms with Crippen molar-refractivity contribution in [2.75, 3.05) is 0 Å². The molecule has 100 valence electrons. The summed E-state index contributed by atoms with van der Waals surface area (Å²) in [6, 6.07) is 14.1. The Morgan fingerprint density at radius 2 is 2.10 bits per heavy atom. The summed E-state index contributed by atoms with van der Waals surface area (Å²) < 4.78 is 14.1. The second kappa shape index (κ2) is 5.79. The van der Waals surface area contributed by atoms with E-state index < -0.39 is 0 Å². The Balaban J connectivity index is 1.62. The van der Waals surface area contributed by atoms with Crippen LogP contribution in [-0.4, -0.2) is 11.2 Å². The lowest BCUT2D eigenvalue weighted by atomic mass is 10.2. The van der Waals surface area contributed by atoms with Crippen LogP contribution in [0.4, 0.5) is 4.39 Å². The molecule has 2 aromatic carbocycles. The van der Waals surface area contributed by atoms with Crippen molar-refractivity contribution in [2.24, 2.45) is 5.16 Å². The molecule has 1 aromatic heterocycles. The number of nitrogens with zero attached hydrogens (tertiary/aromatic N) is 2. The van der Waals surface area contributed by atoms with Crippen LogP contribution in [0.1, 0.15) is 10.6 Å². The lowest BCUT2D eigenvalue weighted by Crippen LogP contribution is -1.87. The largest absolute Gasteiger partial charge is 0.388 e. The summed E-state index contributed by atoms with van der Waals surface area (Å²) in [6.07, 6.45) is 1.48. The summed E-state index contributed by atoms with van der Waals surface area (Å²) in [5.41, 5.74) is 1.62. The molecule has 3 nitrogen and oxygen atoms in total. The van der Waals surface area contributed by atoms with Crippen molar-refractivity contribution in [1.82, 2.24) is 4.98 Å². The van der Waals surface area contributed by atoms with Crippen molar-refractivity contribution < 1.29 is 9.23 Å². The second-order valence-electron chi connectivity index (χ2n) is 4.14. The molecule has 0 amide bonds. The maximum absolute atomic E-state index is 12.9. The fourth-order valence-electron chi connectivity index (χ4n) is 1.76. The van der Waals surface area contributed by atoms with E-state index in [2.05, 4.69) is 10.1 Å². The molecule has 0 bridgehead atoms. The molecule has 0 atom stereocenters. The Hall–Kier alpha value is -2.27. The third-order valence-corrected chi connectivity index (χ3v) is 3.66. The zero-order chi connectivity index (χ0) is 13.8. The fourth-order valence-corrected chi connectivity index (χ4v) is 2.63. The molecular formula is C15H11FN2OS. The molecule has 0 aliphatic rings. The molecule has 0 radical (unpaired) electrons. The van der Waals surface area contributed by atoms with Crippen molar-refractivity contribution in [2.45, 2.75) is 6.61 Å². The Bertz CT molecular complexity index is 721. The first-order valence-electron chi connectivity index (χ1n) is 6.06. The molecule has 0 unspecified atom stereocenters. The van der Waals surface area contributed by atoms with Crippen molar-refractivity contribution >= 4 is 27.8 Å². The van der Waals surface area contributed by atoms with Gasteiger partial charge in [-0.15, -0.1) is 11.3 Å². The Kier molecular flexibility index (Phi) is 3.69. The van der Waals surface area contributed by atoms with Gasteiger partial charge in [0.1, 0.15) is 10.8 Å². The molecule has 0 spiro atoms. The molecule has 0 saturated carbocycles. The molecule has 0 aliphatic heterocycles. The van der Waals surface area contributed by atoms with Gasteiger partial charge in [0.25, 0.3) is 0 Å². The van der Waals surface area contributed by atoms with Crippen LogP contribution in [-0.2, 0) is 11.4 Å². The van der Waals surface area contributed by atoms with Gasteiger partial charge in [-0.3, -0.25) is 0 Å². The van der Waals surface area contributed by atoms with E-state index in [1.54, 1.807) is 23.5 Å².